The van der Waals surface area contributed by atoms with E-state index in [-0.39, 0.29) is 40.4 Å². The molecule has 0 aliphatic carbocycles. The predicted molar refractivity (Wildman–Crippen MR) is 181 cm³/mol. The molecule has 0 aliphatic rings. The van der Waals surface area contributed by atoms with Crippen LogP contribution in [0.4, 0.5) is 5.69 Å². The monoisotopic (exact) mass is 665 g/mol. The maximum Gasteiger partial charge on any atom is 0.264 e. The van der Waals surface area contributed by atoms with Crippen molar-refractivity contribution in [1.29, 1.82) is 0 Å². The Labute approximate surface area is 275 Å². The Balaban J connectivity index is 1.82. The van der Waals surface area contributed by atoms with Crippen molar-refractivity contribution in [1.82, 2.24) is 10.2 Å². The molecule has 0 radical (unpaired) electrons. The minimum Gasteiger partial charge on any atom is -0.354 e. The van der Waals surface area contributed by atoms with Crippen LogP contribution in [-0.2, 0) is 32.6 Å². The van der Waals surface area contributed by atoms with Crippen LogP contribution in [0.5, 0.6) is 0 Å². The number of halogens is 2. The number of carbonyl (C=O) groups is 2. The summed E-state index contributed by atoms with van der Waals surface area (Å²) in [6, 6.07) is 28.4. The van der Waals surface area contributed by atoms with Crippen molar-refractivity contribution in [2.45, 2.75) is 44.7 Å². The van der Waals surface area contributed by atoms with E-state index in [1.54, 1.807) is 18.2 Å². The summed E-state index contributed by atoms with van der Waals surface area (Å²) in [4.78, 5) is 29.8. The first-order valence-electron chi connectivity index (χ1n) is 14.6. The van der Waals surface area contributed by atoms with Gasteiger partial charge < -0.3 is 10.2 Å². The Morgan fingerprint density at radius 3 is 2.09 bits per heavy atom. The van der Waals surface area contributed by atoms with Gasteiger partial charge in [-0.15, -0.1) is 0 Å². The lowest BCUT2D eigenvalue weighted by atomic mass is 10.0. The van der Waals surface area contributed by atoms with Gasteiger partial charge in [-0.3, -0.25) is 13.9 Å². The molecule has 236 valence electrons. The molecule has 1 unspecified atom stereocenters. The third-order valence-corrected chi connectivity index (χ3v) is 9.49. The molecule has 4 aromatic carbocycles. The summed E-state index contributed by atoms with van der Waals surface area (Å²) >= 11 is 12.7. The lowest BCUT2D eigenvalue weighted by molar-refractivity contribution is -0.140. The standard InChI is InChI=1S/C35H37Cl2N3O4S/c1-25(2)22-38-35(42)33(20-27-12-6-4-7-13-27)39(23-28-14-10-11-26(3)19-28)34(41)24-40(32-18-17-29(36)21-31(32)37)45(43,44)30-15-8-5-9-16-30/h4-19,21,25,33H,20,22-24H2,1-3H3,(H,38,42). The Kier molecular flexibility index (Phi) is 11.7. The number of aryl methyl sites for hydroxylation is 1. The molecule has 10 heteroatoms. The van der Waals surface area contributed by atoms with Crippen molar-refractivity contribution >= 4 is 50.7 Å². The average Bonchev–Trinajstić information content (AvgIpc) is 3.01. The molecule has 1 atom stereocenters. The van der Waals surface area contributed by atoms with Gasteiger partial charge in [-0.25, -0.2) is 8.42 Å². The highest BCUT2D eigenvalue weighted by atomic mass is 35.5. The van der Waals surface area contributed by atoms with Crippen molar-refractivity contribution in [3.8, 4) is 0 Å². The molecule has 0 aromatic heterocycles. The normalized spacial score (nSPS) is 12.0. The second-order valence-corrected chi connectivity index (χ2v) is 14.0. The van der Waals surface area contributed by atoms with Gasteiger partial charge in [0.05, 0.1) is 15.6 Å². The van der Waals surface area contributed by atoms with E-state index in [4.69, 9.17) is 23.2 Å². The molecule has 0 aliphatic heterocycles. The molecule has 2 amide bonds. The molecule has 4 rings (SSSR count). The van der Waals surface area contributed by atoms with Crippen molar-refractivity contribution in [3.63, 3.8) is 0 Å². The van der Waals surface area contributed by atoms with Crippen LogP contribution in [0.25, 0.3) is 0 Å². The Hall–Kier alpha value is -3.85. The fourth-order valence-electron chi connectivity index (χ4n) is 4.90. The maximum atomic E-state index is 14.5. The molecular weight excluding hydrogens is 629 g/mol. The minimum absolute atomic E-state index is 0.00966. The van der Waals surface area contributed by atoms with Crippen LogP contribution in [0.15, 0.2) is 108 Å². The fraction of sp³-hybridized carbons (Fsp3) is 0.257. The van der Waals surface area contributed by atoms with Crippen LogP contribution in [0.1, 0.15) is 30.5 Å². The number of hydrogen-bond donors (Lipinski definition) is 1. The van der Waals surface area contributed by atoms with Crippen molar-refractivity contribution < 1.29 is 18.0 Å². The number of nitrogens with one attached hydrogen (secondary N) is 1. The zero-order chi connectivity index (χ0) is 32.6. The highest BCUT2D eigenvalue weighted by Gasteiger charge is 2.35. The van der Waals surface area contributed by atoms with Gasteiger partial charge in [-0.2, -0.15) is 0 Å². The van der Waals surface area contributed by atoms with Gasteiger partial charge in [0.15, 0.2) is 0 Å². The predicted octanol–water partition coefficient (Wildman–Crippen LogP) is 6.91. The molecule has 0 fully saturated rings. The van der Waals surface area contributed by atoms with Crippen LogP contribution in [0, 0.1) is 12.8 Å². The summed E-state index contributed by atoms with van der Waals surface area (Å²) < 4.78 is 29.2. The molecule has 45 heavy (non-hydrogen) atoms. The number of sulfonamides is 1. The van der Waals surface area contributed by atoms with E-state index >= 15 is 0 Å². The van der Waals surface area contributed by atoms with Gasteiger partial charge in [-0.05, 0) is 54.3 Å². The van der Waals surface area contributed by atoms with E-state index in [1.807, 2.05) is 75.4 Å². The van der Waals surface area contributed by atoms with Crippen LogP contribution in [-0.4, -0.2) is 44.3 Å². The van der Waals surface area contributed by atoms with Crippen molar-refractivity contribution in [3.05, 3.63) is 130 Å². The molecule has 0 heterocycles. The van der Waals surface area contributed by atoms with Gasteiger partial charge in [0.25, 0.3) is 10.0 Å². The summed E-state index contributed by atoms with van der Waals surface area (Å²) in [5.41, 5.74) is 2.75. The largest absolute Gasteiger partial charge is 0.354 e. The van der Waals surface area contributed by atoms with Gasteiger partial charge in [0.1, 0.15) is 12.6 Å². The van der Waals surface area contributed by atoms with Gasteiger partial charge in [0.2, 0.25) is 11.8 Å². The zero-order valence-corrected chi connectivity index (χ0v) is 27.8. The Morgan fingerprint density at radius 1 is 0.822 bits per heavy atom. The third-order valence-electron chi connectivity index (χ3n) is 7.18. The number of benzene rings is 4. The first kappa shape index (κ1) is 34.0. The Morgan fingerprint density at radius 2 is 1.47 bits per heavy atom. The van der Waals surface area contributed by atoms with Crippen molar-refractivity contribution in [2.24, 2.45) is 5.92 Å². The maximum absolute atomic E-state index is 14.5. The van der Waals surface area contributed by atoms with Crippen LogP contribution >= 0.6 is 23.2 Å². The molecule has 7 nitrogen and oxygen atoms in total. The van der Waals surface area contributed by atoms with E-state index in [0.717, 1.165) is 21.0 Å². The lowest BCUT2D eigenvalue weighted by Gasteiger charge is -2.34. The number of carbonyl (C=O) groups excluding carboxylic acids is 2. The number of hydrogen-bond acceptors (Lipinski definition) is 4. The third kappa shape index (κ3) is 9.10. The summed E-state index contributed by atoms with van der Waals surface area (Å²) in [5, 5.41) is 3.37. The SMILES string of the molecule is Cc1cccc(CN(C(=O)CN(c2ccc(Cl)cc2Cl)S(=O)(=O)c2ccccc2)C(Cc2ccccc2)C(=O)NCC(C)C)c1. The fourth-order valence-corrected chi connectivity index (χ4v) is 6.91. The summed E-state index contributed by atoms with van der Waals surface area (Å²) in [6.07, 6.45) is 0.232. The van der Waals surface area contributed by atoms with Gasteiger partial charge in [0, 0.05) is 24.5 Å². The molecule has 0 saturated heterocycles. The van der Waals surface area contributed by atoms with Crippen LogP contribution < -0.4 is 9.62 Å². The smallest absolute Gasteiger partial charge is 0.264 e. The van der Waals surface area contributed by atoms with E-state index < -0.39 is 28.5 Å². The molecule has 0 spiro atoms. The summed E-state index contributed by atoms with van der Waals surface area (Å²) in [7, 11) is -4.27. The van der Waals surface area contributed by atoms with E-state index in [2.05, 4.69) is 5.32 Å². The number of rotatable bonds is 13. The second-order valence-electron chi connectivity index (χ2n) is 11.3. The minimum atomic E-state index is -4.27. The van der Waals surface area contributed by atoms with E-state index in [9.17, 15) is 18.0 Å². The van der Waals surface area contributed by atoms with Gasteiger partial charge in [-0.1, -0.05) is 115 Å². The molecular formula is C35H37Cl2N3O4S. The average molecular weight is 667 g/mol. The quantitative estimate of drug-likeness (QED) is 0.168. The molecule has 0 bridgehead atoms. The first-order valence-corrected chi connectivity index (χ1v) is 16.8. The van der Waals surface area contributed by atoms with Crippen LogP contribution in [0.2, 0.25) is 10.0 Å². The number of amides is 2. The highest BCUT2D eigenvalue weighted by molar-refractivity contribution is 7.92. The topological polar surface area (TPSA) is 86.8 Å². The number of nitrogens with zero attached hydrogens (tertiary/aromatic N) is 2. The molecule has 0 saturated carbocycles. The highest BCUT2D eigenvalue weighted by Crippen LogP contribution is 2.33. The number of anilines is 1. The first-order chi connectivity index (χ1) is 21.5. The summed E-state index contributed by atoms with van der Waals surface area (Å²) in [5.74, 6) is -0.705. The van der Waals surface area contributed by atoms with Crippen LogP contribution in [0.3, 0.4) is 0 Å². The molecule has 1 N–H and O–H groups in total. The van der Waals surface area contributed by atoms with Crippen molar-refractivity contribution in [2.75, 3.05) is 17.4 Å². The van der Waals surface area contributed by atoms with E-state index in [1.165, 1.54) is 35.2 Å². The van der Waals surface area contributed by atoms with Gasteiger partial charge >= 0.3 is 0 Å². The second kappa shape index (κ2) is 15.4. The zero-order valence-electron chi connectivity index (χ0n) is 25.5. The molecule has 4 aromatic rings. The lowest BCUT2D eigenvalue weighted by Crippen LogP contribution is -2.53. The van der Waals surface area contributed by atoms with E-state index in [0.29, 0.717) is 11.6 Å². The Bertz CT molecular complexity index is 1720. The summed E-state index contributed by atoms with van der Waals surface area (Å²) in [6.45, 7) is 5.83.